The Kier molecular flexibility index (Phi) is 1.80. The summed E-state index contributed by atoms with van der Waals surface area (Å²) in [5, 5.41) is 9.95. The molecule has 0 heterocycles. The van der Waals surface area contributed by atoms with Crippen LogP contribution in [0.25, 0.3) is 0 Å². The molecule has 80 valence electrons. The van der Waals surface area contributed by atoms with Crippen LogP contribution in [0.3, 0.4) is 0 Å². The van der Waals surface area contributed by atoms with Gasteiger partial charge in [-0.3, -0.25) is 0 Å². The van der Waals surface area contributed by atoms with Crippen LogP contribution in [0.5, 0.6) is 0 Å². The van der Waals surface area contributed by atoms with Crippen molar-refractivity contribution < 1.29 is 14.6 Å². The fourth-order valence-corrected chi connectivity index (χ4v) is 3.46. The molecule has 0 radical (unpaired) electrons. The van der Waals surface area contributed by atoms with Crippen molar-refractivity contribution in [2.75, 3.05) is 7.11 Å². The van der Waals surface area contributed by atoms with E-state index in [4.69, 9.17) is 4.74 Å². The minimum Gasteiger partial charge on any atom is -0.466 e. The number of esters is 1. The van der Waals surface area contributed by atoms with Crippen molar-refractivity contribution in [3.8, 4) is 0 Å². The van der Waals surface area contributed by atoms with Gasteiger partial charge in [0.05, 0.1) is 13.2 Å². The van der Waals surface area contributed by atoms with Gasteiger partial charge < -0.3 is 9.84 Å². The van der Waals surface area contributed by atoms with E-state index in [1.807, 2.05) is 6.08 Å². The molecule has 3 nitrogen and oxygen atoms in total. The van der Waals surface area contributed by atoms with Crippen molar-refractivity contribution in [3.05, 3.63) is 23.8 Å². The van der Waals surface area contributed by atoms with Crippen LogP contribution in [0.1, 0.15) is 6.42 Å². The van der Waals surface area contributed by atoms with E-state index in [0.717, 1.165) is 6.42 Å². The Balaban J connectivity index is 1.98. The number of aliphatic hydroxyl groups is 1. The van der Waals surface area contributed by atoms with Crippen LogP contribution in [0, 0.1) is 23.7 Å². The van der Waals surface area contributed by atoms with Gasteiger partial charge in [0.2, 0.25) is 0 Å². The summed E-state index contributed by atoms with van der Waals surface area (Å²) >= 11 is 0. The molecule has 3 aliphatic carbocycles. The molecule has 0 spiro atoms. The van der Waals surface area contributed by atoms with Crippen LogP contribution < -0.4 is 0 Å². The zero-order chi connectivity index (χ0) is 10.6. The molecular weight excluding hydrogens is 192 g/mol. The number of hydrogen-bond acceptors (Lipinski definition) is 3. The molecule has 3 heteroatoms. The molecule has 1 saturated carbocycles. The number of carbonyl (C=O) groups is 1. The first-order chi connectivity index (χ1) is 7.22. The lowest BCUT2D eigenvalue weighted by Gasteiger charge is -2.18. The molecule has 0 bridgehead atoms. The number of ether oxygens (including phenoxy) is 1. The average molecular weight is 206 g/mol. The molecule has 0 saturated heterocycles. The van der Waals surface area contributed by atoms with Gasteiger partial charge in [0.25, 0.3) is 0 Å². The van der Waals surface area contributed by atoms with Crippen LogP contribution in [0.15, 0.2) is 23.8 Å². The number of methoxy groups -OCH3 is 1. The van der Waals surface area contributed by atoms with Gasteiger partial charge in [-0.1, -0.05) is 18.2 Å². The molecule has 5 atom stereocenters. The van der Waals surface area contributed by atoms with Crippen molar-refractivity contribution in [3.63, 3.8) is 0 Å². The van der Waals surface area contributed by atoms with Crippen molar-refractivity contribution >= 4 is 5.97 Å². The van der Waals surface area contributed by atoms with E-state index >= 15 is 0 Å². The van der Waals surface area contributed by atoms with Gasteiger partial charge in [0, 0.05) is 11.5 Å². The number of rotatable bonds is 1. The second-order valence-corrected chi connectivity index (χ2v) is 4.65. The van der Waals surface area contributed by atoms with E-state index in [-0.39, 0.29) is 18.0 Å². The number of hydrogen-bond donors (Lipinski definition) is 1. The monoisotopic (exact) mass is 206 g/mol. The highest BCUT2D eigenvalue weighted by molar-refractivity contribution is 5.90. The maximum Gasteiger partial charge on any atom is 0.333 e. The van der Waals surface area contributed by atoms with E-state index in [0.29, 0.717) is 23.3 Å². The first-order valence-electron chi connectivity index (χ1n) is 5.39. The molecule has 15 heavy (non-hydrogen) atoms. The summed E-state index contributed by atoms with van der Waals surface area (Å²) in [6.45, 7) is 0. The van der Waals surface area contributed by atoms with E-state index < -0.39 is 0 Å². The molecule has 0 aromatic carbocycles. The third-order valence-electron chi connectivity index (χ3n) is 4.01. The first kappa shape index (κ1) is 9.16. The molecule has 0 amide bonds. The fourth-order valence-electron chi connectivity index (χ4n) is 3.46. The highest BCUT2D eigenvalue weighted by atomic mass is 16.5. The molecule has 1 N–H and O–H groups in total. The van der Waals surface area contributed by atoms with E-state index in [1.165, 1.54) is 7.11 Å². The van der Waals surface area contributed by atoms with Crippen LogP contribution in [0.2, 0.25) is 0 Å². The molecule has 1 fully saturated rings. The molecule has 0 aromatic heterocycles. The van der Waals surface area contributed by atoms with Gasteiger partial charge in [0.1, 0.15) is 0 Å². The minimum atomic E-state index is -0.375. The van der Waals surface area contributed by atoms with Crippen molar-refractivity contribution in [2.45, 2.75) is 12.5 Å². The summed E-state index contributed by atoms with van der Waals surface area (Å²) in [4.78, 5) is 11.6. The summed E-state index contributed by atoms with van der Waals surface area (Å²) in [5.74, 6) is 0.929. The first-order valence-corrected chi connectivity index (χ1v) is 5.39. The Morgan fingerprint density at radius 2 is 2.33 bits per heavy atom. The minimum absolute atomic E-state index is 0.00227. The molecule has 0 unspecified atom stereocenters. The Hall–Kier alpha value is -1.09. The Morgan fingerprint density at radius 1 is 1.53 bits per heavy atom. The van der Waals surface area contributed by atoms with Crippen LogP contribution in [-0.4, -0.2) is 24.3 Å². The third kappa shape index (κ3) is 1.07. The lowest BCUT2D eigenvalue weighted by Crippen LogP contribution is -2.23. The Labute approximate surface area is 88.4 Å². The van der Waals surface area contributed by atoms with Gasteiger partial charge >= 0.3 is 5.97 Å². The largest absolute Gasteiger partial charge is 0.466 e. The summed E-state index contributed by atoms with van der Waals surface area (Å²) in [6.07, 6.45) is 6.73. The zero-order valence-electron chi connectivity index (χ0n) is 8.59. The predicted octanol–water partition coefficient (Wildman–Crippen LogP) is 0.899. The van der Waals surface area contributed by atoms with Gasteiger partial charge in [-0.25, -0.2) is 4.79 Å². The second-order valence-electron chi connectivity index (χ2n) is 4.65. The van der Waals surface area contributed by atoms with Crippen LogP contribution in [-0.2, 0) is 9.53 Å². The fraction of sp³-hybridized carbons (Fsp3) is 0.583. The molecule has 0 aliphatic heterocycles. The van der Waals surface area contributed by atoms with Gasteiger partial charge in [-0.2, -0.15) is 0 Å². The maximum atomic E-state index is 11.6. The van der Waals surface area contributed by atoms with Crippen LogP contribution >= 0.6 is 0 Å². The Bertz CT molecular complexity index is 369. The predicted molar refractivity (Wildman–Crippen MR) is 53.8 cm³/mol. The highest BCUT2D eigenvalue weighted by Gasteiger charge is 2.53. The lowest BCUT2D eigenvalue weighted by atomic mass is 9.88. The smallest absolute Gasteiger partial charge is 0.333 e. The second kappa shape index (κ2) is 2.95. The van der Waals surface area contributed by atoms with Crippen molar-refractivity contribution in [1.29, 1.82) is 0 Å². The zero-order valence-corrected chi connectivity index (χ0v) is 8.59. The van der Waals surface area contributed by atoms with Crippen molar-refractivity contribution in [1.82, 2.24) is 0 Å². The van der Waals surface area contributed by atoms with E-state index in [1.54, 1.807) is 0 Å². The van der Waals surface area contributed by atoms with Crippen molar-refractivity contribution in [2.24, 2.45) is 23.7 Å². The molecule has 0 aromatic rings. The van der Waals surface area contributed by atoms with Gasteiger partial charge in [0.15, 0.2) is 0 Å². The maximum absolute atomic E-state index is 11.6. The molecular formula is C12H14O3. The Morgan fingerprint density at radius 3 is 3.07 bits per heavy atom. The number of carbonyl (C=O) groups excluding carboxylic acids is 1. The van der Waals surface area contributed by atoms with E-state index in [9.17, 15) is 9.90 Å². The summed E-state index contributed by atoms with van der Waals surface area (Å²) < 4.78 is 4.76. The molecule has 3 rings (SSSR count). The van der Waals surface area contributed by atoms with Gasteiger partial charge in [-0.05, 0) is 24.2 Å². The quantitative estimate of drug-likeness (QED) is 0.512. The van der Waals surface area contributed by atoms with E-state index in [2.05, 4.69) is 12.2 Å². The van der Waals surface area contributed by atoms with Gasteiger partial charge in [-0.15, -0.1) is 0 Å². The number of aliphatic hydroxyl groups excluding tert-OH is 1. The van der Waals surface area contributed by atoms with Crippen LogP contribution in [0.4, 0.5) is 0 Å². The summed E-state index contributed by atoms with van der Waals surface area (Å²) in [6, 6.07) is 0. The standard InChI is InChI=1S/C12H14O3/c1-15-12(14)8-4-6-2-3-7-5-9(13)11(8)10(6)7/h2-4,6-7,9-11,13H,5H2,1H3/t6-,7+,9-,10-,11+/m0/s1. The average Bonchev–Trinajstić information content (AvgIpc) is 2.83. The highest BCUT2D eigenvalue weighted by Crippen LogP contribution is 2.54. The number of allylic oxidation sites excluding steroid dienone is 3. The third-order valence-corrected chi connectivity index (χ3v) is 4.01. The topological polar surface area (TPSA) is 46.5 Å². The lowest BCUT2D eigenvalue weighted by molar-refractivity contribution is -0.137. The summed E-state index contributed by atoms with van der Waals surface area (Å²) in [5.41, 5.74) is 0.687. The SMILES string of the molecule is COC(=O)C1=C[C@@H]2C=C[C@@H]3C[C@H](O)[C@@H]1[C@@H]23. The normalized spacial score (nSPS) is 45.5. The molecule has 3 aliphatic rings. The summed E-state index contributed by atoms with van der Waals surface area (Å²) in [7, 11) is 1.39.